The second-order valence-corrected chi connectivity index (χ2v) is 9.43. The van der Waals surface area contributed by atoms with E-state index < -0.39 is 0 Å². The summed E-state index contributed by atoms with van der Waals surface area (Å²) >= 11 is 0. The summed E-state index contributed by atoms with van der Waals surface area (Å²) < 4.78 is 11.4. The van der Waals surface area contributed by atoms with Crippen molar-refractivity contribution in [3.63, 3.8) is 0 Å². The van der Waals surface area contributed by atoms with Crippen LogP contribution in [-0.4, -0.2) is 25.9 Å². The summed E-state index contributed by atoms with van der Waals surface area (Å²) in [5.41, 5.74) is 0. The molecule has 0 aromatic rings. The number of rotatable bonds is 5. The molecule has 0 N–H and O–H groups in total. The molecule has 1 heterocycles. The van der Waals surface area contributed by atoms with E-state index in [9.17, 15) is 0 Å². The van der Waals surface area contributed by atoms with Gasteiger partial charge in [0.05, 0.1) is 18.8 Å². The summed E-state index contributed by atoms with van der Waals surface area (Å²) in [5.74, 6) is 3.86. The number of ether oxygens (including phenoxy) is 2. The van der Waals surface area contributed by atoms with Gasteiger partial charge in [-0.15, -0.1) is 0 Å². The fourth-order valence-electron chi connectivity index (χ4n) is 5.35. The normalized spacial score (nSPS) is 38.3. The molecular weight excluding hydrogens is 320 g/mol. The van der Waals surface area contributed by atoms with E-state index in [1.54, 1.807) is 0 Å². The fraction of sp³-hybridized carbons (Fsp3) is 1.00. The SMILES string of the molecule is CCC.COC1CCC(CCC2CCC(C3CCC(C)OC3)CC2)CC1. The Morgan fingerprint density at radius 1 is 0.731 bits per heavy atom. The minimum atomic E-state index is 0.510. The van der Waals surface area contributed by atoms with Gasteiger partial charge in [0.25, 0.3) is 0 Å². The lowest BCUT2D eigenvalue weighted by Crippen LogP contribution is -2.31. The maximum atomic E-state index is 5.90. The largest absolute Gasteiger partial charge is 0.381 e. The van der Waals surface area contributed by atoms with Gasteiger partial charge in [-0.2, -0.15) is 0 Å². The molecule has 2 aliphatic carbocycles. The fourth-order valence-corrected chi connectivity index (χ4v) is 5.35. The Bertz CT molecular complexity index is 332. The molecule has 2 nitrogen and oxygen atoms in total. The van der Waals surface area contributed by atoms with Crippen molar-refractivity contribution in [1.82, 2.24) is 0 Å². The second kappa shape index (κ2) is 12.4. The number of hydrogen-bond donors (Lipinski definition) is 0. The van der Waals surface area contributed by atoms with Crippen LogP contribution >= 0.6 is 0 Å². The van der Waals surface area contributed by atoms with Crippen molar-refractivity contribution in [3.05, 3.63) is 0 Å². The predicted octanol–water partition coefficient (Wildman–Crippen LogP) is 7.01. The zero-order valence-corrected chi connectivity index (χ0v) is 18.2. The van der Waals surface area contributed by atoms with Gasteiger partial charge in [-0.3, -0.25) is 0 Å². The van der Waals surface area contributed by atoms with E-state index in [1.807, 2.05) is 7.11 Å². The summed E-state index contributed by atoms with van der Waals surface area (Å²) in [5, 5.41) is 0. The molecule has 3 rings (SSSR count). The van der Waals surface area contributed by atoms with Gasteiger partial charge in [-0.05, 0) is 82.0 Å². The molecular formula is C24H46O2. The van der Waals surface area contributed by atoms with Crippen LogP contribution in [0.2, 0.25) is 0 Å². The quantitative estimate of drug-likeness (QED) is 0.521. The van der Waals surface area contributed by atoms with Gasteiger partial charge in [0.2, 0.25) is 0 Å². The van der Waals surface area contributed by atoms with Gasteiger partial charge in [0, 0.05) is 7.11 Å². The van der Waals surface area contributed by atoms with Crippen LogP contribution in [0, 0.1) is 23.7 Å². The molecule has 0 radical (unpaired) electrons. The predicted molar refractivity (Wildman–Crippen MR) is 112 cm³/mol. The van der Waals surface area contributed by atoms with Crippen LogP contribution in [0.15, 0.2) is 0 Å². The minimum Gasteiger partial charge on any atom is -0.381 e. The summed E-state index contributed by atoms with van der Waals surface area (Å²) in [4.78, 5) is 0. The standard InChI is InChI=1S/C21H38O2.C3H8/c1-16-3-10-20(15-23-16)19-11-6-17(7-12-19)4-5-18-8-13-21(22-2)14-9-18;1-3-2/h16-21H,3-15H2,1-2H3;3H2,1-2H3. The highest BCUT2D eigenvalue weighted by Crippen LogP contribution is 2.40. The molecule has 2 saturated carbocycles. The van der Waals surface area contributed by atoms with E-state index in [4.69, 9.17) is 9.47 Å². The minimum absolute atomic E-state index is 0.510. The highest BCUT2D eigenvalue weighted by atomic mass is 16.5. The average molecular weight is 367 g/mol. The first-order valence-corrected chi connectivity index (χ1v) is 11.8. The monoisotopic (exact) mass is 366 g/mol. The van der Waals surface area contributed by atoms with Crippen molar-refractivity contribution in [3.8, 4) is 0 Å². The smallest absolute Gasteiger partial charge is 0.0571 e. The maximum absolute atomic E-state index is 5.90. The molecule has 2 unspecified atom stereocenters. The molecule has 1 saturated heterocycles. The molecule has 0 bridgehead atoms. The molecule has 1 aliphatic heterocycles. The number of hydrogen-bond acceptors (Lipinski definition) is 2. The molecule has 3 aliphatic rings. The highest BCUT2D eigenvalue weighted by Gasteiger charge is 2.30. The summed E-state index contributed by atoms with van der Waals surface area (Å²) in [6, 6.07) is 0. The van der Waals surface area contributed by atoms with Crippen molar-refractivity contribution < 1.29 is 9.47 Å². The third-order valence-electron chi connectivity index (χ3n) is 7.21. The topological polar surface area (TPSA) is 18.5 Å². The van der Waals surface area contributed by atoms with Crippen LogP contribution in [0.4, 0.5) is 0 Å². The first kappa shape index (κ1) is 22.2. The van der Waals surface area contributed by atoms with Gasteiger partial charge >= 0.3 is 0 Å². The van der Waals surface area contributed by atoms with Crippen molar-refractivity contribution in [1.29, 1.82) is 0 Å². The van der Waals surface area contributed by atoms with Crippen molar-refractivity contribution in [2.75, 3.05) is 13.7 Å². The van der Waals surface area contributed by atoms with Crippen molar-refractivity contribution in [2.24, 2.45) is 23.7 Å². The maximum Gasteiger partial charge on any atom is 0.0571 e. The lowest BCUT2D eigenvalue weighted by molar-refractivity contribution is -0.0299. The van der Waals surface area contributed by atoms with E-state index in [0.717, 1.165) is 30.3 Å². The van der Waals surface area contributed by atoms with E-state index in [2.05, 4.69) is 20.8 Å². The van der Waals surface area contributed by atoms with Gasteiger partial charge in [-0.25, -0.2) is 0 Å². The third kappa shape index (κ3) is 7.50. The molecule has 0 amide bonds. The lowest BCUT2D eigenvalue weighted by Gasteiger charge is -2.37. The summed E-state index contributed by atoms with van der Waals surface area (Å²) in [7, 11) is 1.88. The zero-order valence-electron chi connectivity index (χ0n) is 18.2. The Kier molecular flexibility index (Phi) is 10.6. The lowest BCUT2D eigenvalue weighted by atomic mass is 9.72. The van der Waals surface area contributed by atoms with Crippen molar-refractivity contribution >= 4 is 0 Å². The molecule has 2 atom stereocenters. The Balaban J connectivity index is 0.000000758. The van der Waals surface area contributed by atoms with E-state index >= 15 is 0 Å². The van der Waals surface area contributed by atoms with E-state index in [-0.39, 0.29) is 0 Å². The van der Waals surface area contributed by atoms with Crippen LogP contribution in [0.1, 0.15) is 104 Å². The molecule has 0 aromatic heterocycles. The summed E-state index contributed by atoms with van der Waals surface area (Å²) in [6.45, 7) is 7.52. The van der Waals surface area contributed by atoms with Gasteiger partial charge in [0.1, 0.15) is 0 Å². The number of methoxy groups -OCH3 is 1. The van der Waals surface area contributed by atoms with Crippen LogP contribution in [0.3, 0.4) is 0 Å². The molecule has 26 heavy (non-hydrogen) atoms. The third-order valence-corrected chi connectivity index (χ3v) is 7.21. The van der Waals surface area contributed by atoms with E-state index in [0.29, 0.717) is 12.2 Å². The molecule has 2 heteroatoms. The highest BCUT2D eigenvalue weighted by molar-refractivity contribution is 4.81. The van der Waals surface area contributed by atoms with Crippen LogP contribution < -0.4 is 0 Å². The van der Waals surface area contributed by atoms with Gasteiger partial charge in [0.15, 0.2) is 0 Å². The molecule has 0 spiro atoms. The first-order chi connectivity index (χ1) is 12.7. The second-order valence-electron chi connectivity index (χ2n) is 9.43. The first-order valence-electron chi connectivity index (χ1n) is 11.8. The summed E-state index contributed by atoms with van der Waals surface area (Å²) in [6.07, 6.45) is 19.3. The van der Waals surface area contributed by atoms with Gasteiger partial charge in [-0.1, -0.05) is 46.0 Å². The van der Waals surface area contributed by atoms with Crippen molar-refractivity contribution in [2.45, 2.75) is 116 Å². The Morgan fingerprint density at radius 3 is 1.69 bits per heavy atom. The van der Waals surface area contributed by atoms with Crippen LogP contribution in [0.25, 0.3) is 0 Å². The molecule has 154 valence electrons. The Labute approximate surface area is 163 Å². The Morgan fingerprint density at radius 2 is 1.23 bits per heavy atom. The zero-order chi connectivity index (χ0) is 18.8. The van der Waals surface area contributed by atoms with Crippen LogP contribution in [-0.2, 0) is 9.47 Å². The Hall–Kier alpha value is -0.0800. The van der Waals surface area contributed by atoms with Crippen LogP contribution in [0.5, 0.6) is 0 Å². The van der Waals surface area contributed by atoms with E-state index in [1.165, 1.54) is 83.5 Å². The average Bonchev–Trinajstić information content (AvgIpc) is 2.68. The van der Waals surface area contributed by atoms with Gasteiger partial charge < -0.3 is 9.47 Å². The molecule has 3 fully saturated rings. The molecule has 0 aromatic carbocycles.